The molecule has 0 fully saturated rings. The topological polar surface area (TPSA) is 127 Å². The van der Waals surface area contributed by atoms with Crippen LogP contribution in [0.15, 0.2) is 71.9 Å². The summed E-state index contributed by atoms with van der Waals surface area (Å²) >= 11 is 0. The molecule has 3 rings (SSSR count). The van der Waals surface area contributed by atoms with E-state index in [1.54, 1.807) is 36.4 Å². The van der Waals surface area contributed by atoms with Crippen molar-refractivity contribution >= 4 is 33.0 Å². The number of carbonyl (C=O) groups is 1. The van der Waals surface area contributed by atoms with Crippen molar-refractivity contribution in [1.29, 1.82) is 0 Å². The van der Waals surface area contributed by atoms with Gasteiger partial charge in [0.2, 0.25) is 5.91 Å². The lowest BCUT2D eigenvalue weighted by Gasteiger charge is -2.19. The fourth-order valence-corrected chi connectivity index (χ4v) is 3.79. The molecule has 0 saturated heterocycles. The van der Waals surface area contributed by atoms with Gasteiger partial charge in [-0.3, -0.25) is 23.9 Å². The van der Waals surface area contributed by atoms with E-state index in [9.17, 15) is 23.3 Å². The second-order valence-electron chi connectivity index (χ2n) is 6.04. The number of anilines is 2. The van der Waals surface area contributed by atoms with E-state index in [1.807, 2.05) is 0 Å². The molecule has 0 spiro atoms. The van der Waals surface area contributed by atoms with Crippen molar-refractivity contribution in [3.8, 4) is 0 Å². The predicted molar refractivity (Wildman–Crippen MR) is 106 cm³/mol. The number of hydrogen-bond acceptors (Lipinski definition) is 6. The Morgan fingerprint density at radius 1 is 1.21 bits per heavy atom. The van der Waals surface area contributed by atoms with E-state index in [-0.39, 0.29) is 22.8 Å². The van der Waals surface area contributed by atoms with Crippen LogP contribution >= 0.6 is 0 Å². The second kappa shape index (κ2) is 8.10. The first kappa shape index (κ1) is 20.0. The number of benzene rings is 2. The van der Waals surface area contributed by atoms with Crippen LogP contribution in [0.25, 0.3) is 0 Å². The number of hydrogen-bond donors (Lipinski definition) is 1. The average molecular weight is 415 g/mol. The molecule has 1 amide bonds. The summed E-state index contributed by atoms with van der Waals surface area (Å²) < 4.78 is 28.0. The first-order valence-corrected chi connectivity index (χ1v) is 9.82. The van der Waals surface area contributed by atoms with Crippen molar-refractivity contribution in [3.05, 3.63) is 77.1 Å². The van der Waals surface area contributed by atoms with Crippen molar-refractivity contribution in [2.24, 2.45) is 0 Å². The van der Waals surface area contributed by atoms with Gasteiger partial charge in [0.25, 0.3) is 10.0 Å². The van der Waals surface area contributed by atoms with Gasteiger partial charge >= 0.3 is 5.69 Å². The minimum absolute atomic E-state index is 0.0105. The Balaban J connectivity index is 1.74. The van der Waals surface area contributed by atoms with Crippen molar-refractivity contribution in [2.45, 2.75) is 11.4 Å². The van der Waals surface area contributed by atoms with Crippen LogP contribution in [0, 0.1) is 10.1 Å². The molecule has 0 aliphatic heterocycles. The van der Waals surface area contributed by atoms with Gasteiger partial charge in [-0.25, -0.2) is 8.42 Å². The first-order valence-electron chi connectivity index (χ1n) is 8.38. The van der Waals surface area contributed by atoms with E-state index in [0.717, 1.165) is 21.4 Å². The summed E-state index contributed by atoms with van der Waals surface area (Å²) in [7, 11) is -2.38. The summed E-state index contributed by atoms with van der Waals surface area (Å²) in [5.74, 6) is -0.506. The molecule has 1 aromatic heterocycles. The van der Waals surface area contributed by atoms with Crippen molar-refractivity contribution in [3.63, 3.8) is 0 Å². The summed E-state index contributed by atoms with van der Waals surface area (Å²) in [5.41, 5.74) is 0.552. The molecular weight excluding hydrogens is 398 g/mol. The van der Waals surface area contributed by atoms with E-state index in [2.05, 4.69) is 10.4 Å². The van der Waals surface area contributed by atoms with Crippen LogP contribution in [0.5, 0.6) is 0 Å². The van der Waals surface area contributed by atoms with E-state index >= 15 is 0 Å². The second-order valence-corrected chi connectivity index (χ2v) is 8.01. The monoisotopic (exact) mass is 415 g/mol. The molecule has 0 atom stereocenters. The van der Waals surface area contributed by atoms with Crippen LogP contribution in [0.4, 0.5) is 17.1 Å². The maximum absolute atomic E-state index is 12.9. The minimum atomic E-state index is -3.83. The van der Waals surface area contributed by atoms with Gasteiger partial charge in [-0.15, -0.1) is 0 Å². The molecule has 11 heteroatoms. The van der Waals surface area contributed by atoms with Crippen LogP contribution < -0.4 is 9.62 Å². The smallest absolute Gasteiger partial charge is 0.307 e. The van der Waals surface area contributed by atoms with Gasteiger partial charge in [0.05, 0.1) is 15.5 Å². The highest BCUT2D eigenvalue weighted by Crippen LogP contribution is 2.23. The molecule has 0 aliphatic carbocycles. The number of para-hydroxylation sites is 1. The Morgan fingerprint density at radius 2 is 1.93 bits per heavy atom. The zero-order chi connectivity index (χ0) is 21.0. The lowest BCUT2D eigenvalue weighted by atomic mass is 10.3. The molecule has 10 nitrogen and oxygen atoms in total. The summed E-state index contributed by atoms with van der Waals surface area (Å²) in [5, 5.41) is 17.0. The maximum atomic E-state index is 12.9. The number of nitrogens with one attached hydrogen (secondary N) is 1. The number of nitrogens with zero attached hydrogens (tertiary/aromatic N) is 4. The zero-order valence-corrected chi connectivity index (χ0v) is 16.1. The summed E-state index contributed by atoms with van der Waals surface area (Å²) in [6.45, 7) is -0.255. The van der Waals surface area contributed by atoms with Crippen LogP contribution in [-0.4, -0.2) is 36.1 Å². The van der Waals surface area contributed by atoms with Crippen molar-refractivity contribution in [2.75, 3.05) is 16.7 Å². The van der Waals surface area contributed by atoms with Crippen LogP contribution in [0.3, 0.4) is 0 Å². The van der Waals surface area contributed by atoms with E-state index in [1.165, 1.54) is 25.2 Å². The van der Waals surface area contributed by atoms with E-state index in [4.69, 9.17) is 0 Å². The summed E-state index contributed by atoms with van der Waals surface area (Å²) in [6.07, 6.45) is 2.18. The standard InChI is InChI=1S/C18H17N5O5S/c1-21(15-7-3-2-4-8-15)29(27,28)17-9-5-6-14(10-17)20-18(24)13-22-12-16(11-19-22)23(25)26/h2-12H,13H2,1H3,(H,20,24). The Hall–Kier alpha value is -3.73. The van der Waals surface area contributed by atoms with Gasteiger partial charge in [0.15, 0.2) is 0 Å². The normalized spacial score (nSPS) is 11.1. The van der Waals surface area contributed by atoms with E-state index < -0.39 is 20.9 Å². The highest BCUT2D eigenvalue weighted by atomic mass is 32.2. The maximum Gasteiger partial charge on any atom is 0.307 e. The number of amides is 1. The molecule has 2 aromatic carbocycles. The van der Waals surface area contributed by atoms with Crippen LogP contribution in [0.1, 0.15) is 0 Å². The molecule has 150 valence electrons. The Morgan fingerprint density at radius 3 is 2.59 bits per heavy atom. The first-order chi connectivity index (χ1) is 13.8. The van der Waals surface area contributed by atoms with Gasteiger partial charge in [-0.2, -0.15) is 5.10 Å². The number of nitro groups is 1. The van der Waals surface area contributed by atoms with Gasteiger partial charge in [-0.05, 0) is 30.3 Å². The molecular formula is C18H17N5O5S. The lowest BCUT2D eigenvalue weighted by Crippen LogP contribution is -2.26. The fourth-order valence-electron chi connectivity index (χ4n) is 2.55. The van der Waals surface area contributed by atoms with Gasteiger partial charge in [0.1, 0.15) is 18.9 Å². The Kier molecular flexibility index (Phi) is 5.59. The fraction of sp³-hybridized carbons (Fsp3) is 0.111. The van der Waals surface area contributed by atoms with Gasteiger partial charge in [0, 0.05) is 12.7 Å². The highest BCUT2D eigenvalue weighted by Gasteiger charge is 2.21. The molecule has 0 radical (unpaired) electrons. The molecule has 1 N–H and O–H groups in total. The largest absolute Gasteiger partial charge is 0.324 e. The highest BCUT2D eigenvalue weighted by molar-refractivity contribution is 7.92. The average Bonchev–Trinajstić information content (AvgIpc) is 3.17. The van der Waals surface area contributed by atoms with Crippen LogP contribution in [0.2, 0.25) is 0 Å². The molecule has 0 bridgehead atoms. The number of sulfonamides is 1. The predicted octanol–water partition coefficient (Wildman–Crippen LogP) is 2.26. The summed E-state index contributed by atoms with van der Waals surface area (Å²) in [6, 6.07) is 14.4. The zero-order valence-electron chi connectivity index (χ0n) is 15.3. The molecule has 0 aliphatic rings. The van der Waals surface area contributed by atoms with Crippen molar-refractivity contribution < 1.29 is 18.1 Å². The molecule has 0 unspecified atom stereocenters. The molecule has 3 aromatic rings. The quantitative estimate of drug-likeness (QED) is 0.466. The summed E-state index contributed by atoms with van der Waals surface area (Å²) in [4.78, 5) is 22.2. The SMILES string of the molecule is CN(c1ccccc1)S(=O)(=O)c1cccc(NC(=O)Cn2cc([N+](=O)[O-])cn2)c1. The molecule has 1 heterocycles. The van der Waals surface area contributed by atoms with Gasteiger partial charge < -0.3 is 5.32 Å². The van der Waals surface area contributed by atoms with Gasteiger partial charge in [-0.1, -0.05) is 24.3 Å². The number of carbonyl (C=O) groups excluding carboxylic acids is 1. The molecule has 29 heavy (non-hydrogen) atoms. The third-order valence-electron chi connectivity index (χ3n) is 4.03. The Labute approximate surface area is 166 Å². The lowest BCUT2D eigenvalue weighted by molar-refractivity contribution is -0.385. The van der Waals surface area contributed by atoms with E-state index in [0.29, 0.717) is 5.69 Å². The van der Waals surface area contributed by atoms with Crippen LogP contribution in [-0.2, 0) is 21.4 Å². The third-order valence-corrected chi connectivity index (χ3v) is 5.81. The molecule has 0 saturated carbocycles. The Bertz CT molecular complexity index is 1140. The number of rotatable bonds is 7. The number of aromatic nitrogens is 2. The van der Waals surface area contributed by atoms with Crippen molar-refractivity contribution in [1.82, 2.24) is 9.78 Å². The minimum Gasteiger partial charge on any atom is -0.324 e. The third kappa shape index (κ3) is 4.58.